The molecular weight excluding hydrogens is 302 g/mol. The summed E-state index contributed by atoms with van der Waals surface area (Å²) in [5, 5.41) is 8.96. The Balaban J connectivity index is 1.56. The van der Waals surface area contributed by atoms with E-state index in [2.05, 4.69) is 12.1 Å². The van der Waals surface area contributed by atoms with Crippen LogP contribution in [0, 0.1) is 0 Å². The summed E-state index contributed by atoms with van der Waals surface area (Å²) < 4.78 is 0. The second kappa shape index (κ2) is 5.48. The Morgan fingerprint density at radius 3 is 2.38 bits per heavy atom. The SMILES string of the molecule is O=C(O)c1ccc(CC(=O)N2CC3(CCC3)c3ccccc32)cc1. The smallest absolute Gasteiger partial charge is 0.335 e. The van der Waals surface area contributed by atoms with Crippen molar-refractivity contribution in [1.82, 2.24) is 0 Å². The number of rotatable bonds is 3. The van der Waals surface area contributed by atoms with Crippen molar-refractivity contribution in [3.8, 4) is 0 Å². The van der Waals surface area contributed by atoms with Crippen LogP contribution in [0.25, 0.3) is 0 Å². The van der Waals surface area contributed by atoms with Crippen LogP contribution in [-0.2, 0) is 16.6 Å². The number of nitrogens with zero attached hydrogens (tertiary/aromatic N) is 1. The Bertz CT molecular complexity index is 806. The van der Waals surface area contributed by atoms with Gasteiger partial charge in [-0.15, -0.1) is 0 Å². The average Bonchev–Trinajstić information content (AvgIpc) is 2.91. The third-order valence-corrected chi connectivity index (χ3v) is 5.39. The highest BCUT2D eigenvalue weighted by Crippen LogP contribution is 2.52. The van der Waals surface area contributed by atoms with Gasteiger partial charge in [-0.05, 0) is 42.2 Å². The summed E-state index contributed by atoms with van der Waals surface area (Å²) in [5.74, 6) is -0.873. The number of hydrogen-bond acceptors (Lipinski definition) is 2. The predicted octanol–water partition coefficient (Wildman–Crippen LogP) is 3.40. The predicted molar refractivity (Wildman–Crippen MR) is 91.4 cm³/mol. The molecule has 0 bridgehead atoms. The molecule has 1 heterocycles. The lowest BCUT2D eigenvalue weighted by Gasteiger charge is -2.39. The fourth-order valence-electron chi connectivity index (χ4n) is 3.92. The zero-order chi connectivity index (χ0) is 16.7. The van der Waals surface area contributed by atoms with Gasteiger partial charge in [-0.2, -0.15) is 0 Å². The standard InChI is InChI=1S/C20H19NO3/c22-18(12-14-6-8-15(9-7-14)19(23)24)21-13-20(10-3-11-20)16-4-1-2-5-17(16)21/h1-2,4-9H,3,10-13H2,(H,23,24). The molecule has 0 unspecified atom stereocenters. The Hall–Kier alpha value is -2.62. The van der Waals surface area contributed by atoms with Crippen LogP contribution in [0.5, 0.6) is 0 Å². The molecule has 122 valence electrons. The van der Waals surface area contributed by atoms with Crippen molar-refractivity contribution in [2.45, 2.75) is 31.1 Å². The number of carboxylic acid groups (broad SMARTS) is 1. The lowest BCUT2D eigenvalue weighted by atomic mass is 9.66. The van der Waals surface area contributed by atoms with Gasteiger partial charge in [-0.1, -0.05) is 36.8 Å². The zero-order valence-corrected chi connectivity index (χ0v) is 13.4. The molecule has 2 aliphatic rings. The lowest BCUT2D eigenvalue weighted by molar-refractivity contribution is -0.118. The first-order valence-electron chi connectivity index (χ1n) is 8.31. The summed E-state index contributed by atoms with van der Waals surface area (Å²) in [6.45, 7) is 0.776. The van der Waals surface area contributed by atoms with Gasteiger partial charge < -0.3 is 10.0 Å². The number of aromatic carboxylic acids is 1. The van der Waals surface area contributed by atoms with E-state index < -0.39 is 5.97 Å². The van der Waals surface area contributed by atoms with Crippen LogP contribution in [0.1, 0.15) is 40.7 Å². The molecule has 2 aromatic carbocycles. The molecule has 1 spiro atoms. The third-order valence-electron chi connectivity index (χ3n) is 5.39. The molecule has 4 heteroatoms. The first-order chi connectivity index (χ1) is 11.6. The van der Waals surface area contributed by atoms with Crippen LogP contribution in [0.3, 0.4) is 0 Å². The third kappa shape index (κ3) is 2.30. The molecule has 0 saturated heterocycles. The molecule has 4 nitrogen and oxygen atoms in total. The minimum Gasteiger partial charge on any atom is -0.478 e. The minimum atomic E-state index is -0.951. The number of benzene rings is 2. The molecule has 2 aromatic rings. The van der Waals surface area contributed by atoms with Crippen LogP contribution in [0.2, 0.25) is 0 Å². The van der Waals surface area contributed by atoms with E-state index in [9.17, 15) is 9.59 Å². The number of para-hydroxylation sites is 1. The van der Waals surface area contributed by atoms with Gasteiger partial charge in [-0.25, -0.2) is 4.79 Å². The minimum absolute atomic E-state index is 0.0781. The van der Waals surface area contributed by atoms with Crippen molar-refractivity contribution in [2.75, 3.05) is 11.4 Å². The van der Waals surface area contributed by atoms with Crippen LogP contribution >= 0.6 is 0 Å². The fraction of sp³-hybridized carbons (Fsp3) is 0.300. The van der Waals surface area contributed by atoms with Crippen molar-refractivity contribution in [2.24, 2.45) is 0 Å². The average molecular weight is 321 g/mol. The highest BCUT2D eigenvalue weighted by Gasteiger charge is 2.48. The van der Waals surface area contributed by atoms with Crippen molar-refractivity contribution < 1.29 is 14.7 Å². The van der Waals surface area contributed by atoms with E-state index in [1.54, 1.807) is 24.3 Å². The molecule has 1 saturated carbocycles. The number of carbonyl (C=O) groups excluding carboxylic acids is 1. The molecular formula is C20H19NO3. The summed E-state index contributed by atoms with van der Waals surface area (Å²) in [4.78, 5) is 25.7. The van der Waals surface area contributed by atoms with E-state index >= 15 is 0 Å². The van der Waals surface area contributed by atoms with Gasteiger partial charge in [0.25, 0.3) is 0 Å². The van der Waals surface area contributed by atoms with Crippen molar-refractivity contribution >= 4 is 17.6 Å². The van der Waals surface area contributed by atoms with Crippen molar-refractivity contribution in [1.29, 1.82) is 0 Å². The molecule has 1 aliphatic heterocycles. The van der Waals surface area contributed by atoms with Gasteiger partial charge in [-0.3, -0.25) is 4.79 Å². The van der Waals surface area contributed by atoms with E-state index in [-0.39, 0.29) is 16.9 Å². The number of carboxylic acids is 1. The second-order valence-electron chi connectivity index (χ2n) is 6.81. The number of fused-ring (bicyclic) bond motifs is 2. The Morgan fingerprint density at radius 1 is 1.04 bits per heavy atom. The number of hydrogen-bond donors (Lipinski definition) is 1. The van der Waals surface area contributed by atoms with Gasteiger partial charge in [0.2, 0.25) is 5.91 Å². The topological polar surface area (TPSA) is 57.6 Å². The summed E-state index contributed by atoms with van der Waals surface area (Å²) in [5.41, 5.74) is 3.61. The van der Waals surface area contributed by atoms with Crippen LogP contribution in [0.4, 0.5) is 5.69 Å². The largest absolute Gasteiger partial charge is 0.478 e. The zero-order valence-electron chi connectivity index (χ0n) is 13.4. The summed E-state index contributed by atoms with van der Waals surface area (Å²) >= 11 is 0. The van der Waals surface area contributed by atoms with Crippen molar-refractivity contribution in [3.05, 3.63) is 65.2 Å². The van der Waals surface area contributed by atoms with E-state index in [1.165, 1.54) is 12.0 Å². The first kappa shape index (κ1) is 14.9. The Morgan fingerprint density at radius 2 is 1.75 bits per heavy atom. The molecule has 0 atom stereocenters. The maximum atomic E-state index is 12.8. The van der Waals surface area contributed by atoms with Crippen LogP contribution < -0.4 is 4.90 Å². The molecule has 24 heavy (non-hydrogen) atoms. The normalized spacial score (nSPS) is 17.4. The molecule has 1 fully saturated rings. The molecule has 1 N–H and O–H groups in total. The molecule has 1 aliphatic carbocycles. The highest BCUT2D eigenvalue weighted by atomic mass is 16.4. The maximum absolute atomic E-state index is 12.8. The van der Waals surface area contributed by atoms with Gasteiger partial charge >= 0.3 is 5.97 Å². The Kier molecular flexibility index (Phi) is 3.41. The molecule has 4 rings (SSSR count). The highest BCUT2D eigenvalue weighted by molar-refractivity contribution is 5.97. The number of amides is 1. The maximum Gasteiger partial charge on any atom is 0.335 e. The van der Waals surface area contributed by atoms with E-state index in [0.717, 1.165) is 30.6 Å². The van der Waals surface area contributed by atoms with Gasteiger partial charge in [0.05, 0.1) is 12.0 Å². The summed E-state index contributed by atoms with van der Waals surface area (Å²) in [7, 11) is 0. The molecule has 0 radical (unpaired) electrons. The van der Waals surface area contributed by atoms with Crippen molar-refractivity contribution in [3.63, 3.8) is 0 Å². The van der Waals surface area contributed by atoms with E-state index in [4.69, 9.17) is 5.11 Å². The second-order valence-corrected chi connectivity index (χ2v) is 6.81. The van der Waals surface area contributed by atoms with E-state index in [1.807, 2.05) is 17.0 Å². The van der Waals surface area contributed by atoms with E-state index in [0.29, 0.717) is 6.42 Å². The van der Waals surface area contributed by atoms with Gasteiger partial charge in [0.1, 0.15) is 0 Å². The first-order valence-corrected chi connectivity index (χ1v) is 8.31. The fourth-order valence-corrected chi connectivity index (χ4v) is 3.92. The summed E-state index contributed by atoms with van der Waals surface area (Å²) in [6.07, 6.45) is 3.83. The number of carbonyl (C=O) groups is 2. The molecule has 0 aromatic heterocycles. The monoisotopic (exact) mass is 321 g/mol. The van der Waals surface area contributed by atoms with Crippen LogP contribution in [-0.4, -0.2) is 23.5 Å². The summed E-state index contributed by atoms with van der Waals surface area (Å²) in [6, 6.07) is 14.8. The quantitative estimate of drug-likeness (QED) is 0.942. The molecule has 1 amide bonds. The number of anilines is 1. The van der Waals surface area contributed by atoms with Crippen LogP contribution in [0.15, 0.2) is 48.5 Å². The van der Waals surface area contributed by atoms with Gasteiger partial charge in [0, 0.05) is 17.6 Å². The lowest BCUT2D eigenvalue weighted by Crippen LogP contribution is -2.41. The Labute approximate surface area is 140 Å². The van der Waals surface area contributed by atoms with Gasteiger partial charge in [0.15, 0.2) is 0 Å².